The first kappa shape index (κ1) is 18.0. The normalized spacial score (nSPS) is 10.4. The van der Waals surface area contributed by atoms with Gasteiger partial charge in [-0.2, -0.15) is 0 Å². The lowest BCUT2D eigenvalue weighted by Crippen LogP contribution is -2.32. The van der Waals surface area contributed by atoms with Crippen molar-refractivity contribution in [1.29, 1.82) is 0 Å². The van der Waals surface area contributed by atoms with E-state index in [1.54, 1.807) is 17.1 Å². The van der Waals surface area contributed by atoms with Crippen molar-refractivity contribution in [3.8, 4) is 11.5 Å². The van der Waals surface area contributed by atoms with Gasteiger partial charge in [-0.05, 0) is 26.0 Å². The maximum atomic E-state index is 12.2. The van der Waals surface area contributed by atoms with Gasteiger partial charge in [0.1, 0.15) is 0 Å². The SMILES string of the molecule is C=CCN(CC=C)C(=O)CSc1nnc(-c2cc(C)cc(C)c2)o1. The number of rotatable bonds is 8. The van der Waals surface area contributed by atoms with Crippen LogP contribution in [0, 0.1) is 13.8 Å². The van der Waals surface area contributed by atoms with E-state index >= 15 is 0 Å². The molecule has 0 N–H and O–H groups in total. The minimum atomic E-state index is -0.0223. The Morgan fingerprint density at radius 1 is 1.17 bits per heavy atom. The lowest BCUT2D eigenvalue weighted by atomic mass is 10.1. The third-order valence-corrected chi connectivity index (χ3v) is 4.05. The fourth-order valence-electron chi connectivity index (χ4n) is 2.29. The number of hydrogen-bond donors (Lipinski definition) is 0. The summed E-state index contributed by atoms with van der Waals surface area (Å²) < 4.78 is 5.66. The number of aryl methyl sites for hydroxylation is 2. The molecule has 2 rings (SSSR count). The zero-order valence-corrected chi connectivity index (χ0v) is 14.8. The summed E-state index contributed by atoms with van der Waals surface area (Å²) in [4.78, 5) is 13.8. The number of carbonyl (C=O) groups excluding carboxylic acids is 1. The lowest BCUT2D eigenvalue weighted by molar-refractivity contribution is -0.127. The maximum Gasteiger partial charge on any atom is 0.277 e. The van der Waals surface area contributed by atoms with Crippen LogP contribution >= 0.6 is 11.8 Å². The van der Waals surface area contributed by atoms with Crippen LogP contribution in [0.1, 0.15) is 11.1 Å². The number of aromatic nitrogens is 2. The first-order valence-electron chi connectivity index (χ1n) is 7.58. The molecule has 0 bridgehead atoms. The van der Waals surface area contributed by atoms with Crippen LogP contribution in [0.3, 0.4) is 0 Å². The molecule has 0 spiro atoms. The number of carbonyl (C=O) groups is 1. The van der Waals surface area contributed by atoms with E-state index in [9.17, 15) is 4.79 Å². The molecule has 126 valence electrons. The Morgan fingerprint density at radius 3 is 2.38 bits per heavy atom. The summed E-state index contributed by atoms with van der Waals surface area (Å²) in [6.07, 6.45) is 3.38. The fourth-order valence-corrected chi connectivity index (χ4v) is 2.95. The molecule has 0 saturated carbocycles. The van der Waals surface area contributed by atoms with Crippen LogP contribution in [0.25, 0.3) is 11.5 Å². The van der Waals surface area contributed by atoms with Gasteiger partial charge in [0.25, 0.3) is 5.22 Å². The summed E-state index contributed by atoms with van der Waals surface area (Å²) in [6.45, 7) is 12.3. The molecule has 0 aliphatic heterocycles. The predicted molar refractivity (Wildman–Crippen MR) is 96.9 cm³/mol. The highest BCUT2D eigenvalue weighted by atomic mass is 32.2. The van der Waals surface area contributed by atoms with Crippen LogP contribution in [-0.4, -0.2) is 39.8 Å². The monoisotopic (exact) mass is 343 g/mol. The van der Waals surface area contributed by atoms with Crippen molar-refractivity contribution >= 4 is 17.7 Å². The first-order valence-corrected chi connectivity index (χ1v) is 8.56. The molecule has 0 radical (unpaired) electrons. The van der Waals surface area contributed by atoms with Gasteiger partial charge in [0.15, 0.2) is 0 Å². The third-order valence-electron chi connectivity index (χ3n) is 3.25. The van der Waals surface area contributed by atoms with E-state index in [4.69, 9.17) is 4.42 Å². The Bertz CT molecular complexity index is 709. The largest absolute Gasteiger partial charge is 0.411 e. The van der Waals surface area contributed by atoms with E-state index < -0.39 is 0 Å². The van der Waals surface area contributed by atoms with Crippen molar-refractivity contribution in [1.82, 2.24) is 15.1 Å². The van der Waals surface area contributed by atoms with Crippen molar-refractivity contribution in [3.05, 3.63) is 54.6 Å². The molecular formula is C18H21N3O2S. The summed E-state index contributed by atoms with van der Waals surface area (Å²) in [6, 6.07) is 6.08. The molecule has 5 nitrogen and oxygen atoms in total. The van der Waals surface area contributed by atoms with E-state index in [2.05, 4.69) is 29.4 Å². The maximum absolute atomic E-state index is 12.2. The molecule has 6 heteroatoms. The minimum Gasteiger partial charge on any atom is -0.411 e. The number of nitrogens with zero attached hydrogens (tertiary/aromatic N) is 3. The highest BCUT2D eigenvalue weighted by Crippen LogP contribution is 2.25. The summed E-state index contributed by atoms with van der Waals surface area (Å²) in [5.74, 6) is 0.674. The van der Waals surface area contributed by atoms with Crippen molar-refractivity contribution < 1.29 is 9.21 Å². The highest BCUT2D eigenvalue weighted by Gasteiger charge is 2.15. The molecule has 24 heavy (non-hydrogen) atoms. The molecule has 1 aromatic carbocycles. The van der Waals surface area contributed by atoms with Gasteiger partial charge in [0, 0.05) is 18.7 Å². The second-order valence-corrected chi connectivity index (χ2v) is 6.34. The molecule has 0 unspecified atom stereocenters. The Balaban J connectivity index is 2.02. The summed E-state index contributed by atoms with van der Waals surface area (Å²) in [7, 11) is 0. The summed E-state index contributed by atoms with van der Waals surface area (Å²) in [5, 5.41) is 8.46. The second kappa shape index (κ2) is 8.49. The second-order valence-electron chi connectivity index (χ2n) is 5.41. The Kier molecular flexibility index (Phi) is 6.37. The minimum absolute atomic E-state index is 0.0223. The molecule has 0 aliphatic carbocycles. The van der Waals surface area contributed by atoms with Gasteiger partial charge in [-0.1, -0.05) is 41.1 Å². The van der Waals surface area contributed by atoms with Crippen molar-refractivity contribution in [2.24, 2.45) is 0 Å². The Labute approximate surface area is 146 Å². The first-order chi connectivity index (χ1) is 11.5. The van der Waals surface area contributed by atoms with Crippen LogP contribution in [0.5, 0.6) is 0 Å². The van der Waals surface area contributed by atoms with Gasteiger partial charge >= 0.3 is 0 Å². The van der Waals surface area contributed by atoms with Crippen LogP contribution in [0.2, 0.25) is 0 Å². The van der Waals surface area contributed by atoms with Crippen LogP contribution in [0.15, 0.2) is 53.1 Å². The van der Waals surface area contributed by atoms with E-state index in [-0.39, 0.29) is 11.7 Å². The average Bonchev–Trinajstić information content (AvgIpc) is 3.00. The number of benzene rings is 1. The lowest BCUT2D eigenvalue weighted by Gasteiger charge is -2.18. The Hall–Kier alpha value is -2.34. The summed E-state index contributed by atoms with van der Waals surface area (Å²) in [5.41, 5.74) is 3.16. The molecule has 2 aromatic rings. The molecule has 0 saturated heterocycles. The van der Waals surface area contributed by atoms with Crippen molar-refractivity contribution in [3.63, 3.8) is 0 Å². The van der Waals surface area contributed by atoms with E-state index in [0.717, 1.165) is 16.7 Å². The van der Waals surface area contributed by atoms with Gasteiger partial charge in [0.05, 0.1) is 5.75 Å². The number of amides is 1. The van der Waals surface area contributed by atoms with Crippen LogP contribution in [-0.2, 0) is 4.79 Å². The average molecular weight is 343 g/mol. The van der Waals surface area contributed by atoms with E-state index in [0.29, 0.717) is 24.2 Å². The van der Waals surface area contributed by atoms with Gasteiger partial charge < -0.3 is 9.32 Å². The molecule has 0 atom stereocenters. The molecule has 1 amide bonds. The molecule has 1 aromatic heterocycles. The Morgan fingerprint density at radius 2 is 1.79 bits per heavy atom. The van der Waals surface area contributed by atoms with Crippen molar-refractivity contribution in [2.75, 3.05) is 18.8 Å². The molecule has 1 heterocycles. The van der Waals surface area contributed by atoms with E-state index in [1.807, 2.05) is 26.0 Å². The van der Waals surface area contributed by atoms with Crippen LogP contribution in [0.4, 0.5) is 0 Å². The van der Waals surface area contributed by atoms with Gasteiger partial charge in [-0.25, -0.2) is 0 Å². The van der Waals surface area contributed by atoms with Gasteiger partial charge in [-0.3, -0.25) is 4.79 Å². The molecular weight excluding hydrogens is 322 g/mol. The summed E-state index contributed by atoms with van der Waals surface area (Å²) >= 11 is 1.23. The number of thioether (sulfide) groups is 1. The standard InChI is InChI=1S/C18H21N3O2S/c1-5-7-21(8-6-2)16(22)12-24-18-20-19-17(23-18)15-10-13(3)9-14(4)11-15/h5-6,9-11H,1-2,7-8,12H2,3-4H3. The highest BCUT2D eigenvalue weighted by molar-refractivity contribution is 7.99. The van der Waals surface area contributed by atoms with E-state index in [1.165, 1.54) is 11.8 Å². The topological polar surface area (TPSA) is 59.2 Å². The fraction of sp³-hybridized carbons (Fsp3) is 0.278. The smallest absolute Gasteiger partial charge is 0.277 e. The third kappa shape index (κ3) is 4.83. The molecule has 0 aliphatic rings. The predicted octanol–water partition coefficient (Wildman–Crippen LogP) is 3.65. The van der Waals surface area contributed by atoms with Gasteiger partial charge in [0.2, 0.25) is 11.8 Å². The number of hydrogen-bond acceptors (Lipinski definition) is 5. The quantitative estimate of drug-likeness (QED) is 0.541. The zero-order chi connectivity index (χ0) is 17.5. The van der Waals surface area contributed by atoms with Crippen molar-refractivity contribution in [2.45, 2.75) is 19.1 Å². The molecule has 0 fully saturated rings. The van der Waals surface area contributed by atoms with Crippen LogP contribution < -0.4 is 0 Å². The zero-order valence-electron chi connectivity index (χ0n) is 14.0. The van der Waals surface area contributed by atoms with Gasteiger partial charge in [-0.15, -0.1) is 23.4 Å².